The van der Waals surface area contributed by atoms with Crippen LogP contribution >= 0.6 is 0 Å². The highest BCUT2D eigenvalue weighted by Crippen LogP contribution is 2.37. The standard InChI is InChI=1S/C13H21N3O2S/c1-3-6-14-12-5-4-7-15-13(12)19(17,18)16-9-11-8-10(11)2/h4-5,7,10-11,14,16H,3,6,8-9H2,1-2H3. The molecule has 0 amide bonds. The van der Waals surface area contributed by atoms with Crippen molar-refractivity contribution < 1.29 is 8.42 Å². The van der Waals surface area contributed by atoms with Crippen LogP contribution in [-0.4, -0.2) is 26.5 Å². The number of pyridine rings is 1. The molecule has 19 heavy (non-hydrogen) atoms. The summed E-state index contributed by atoms with van der Waals surface area (Å²) in [5, 5.41) is 3.19. The predicted molar refractivity (Wildman–Crippen MR) is 75.5 cm³/mol. The minimum Gasteiger partial charge on any atom is -0.383 e. The molecule has 5 nitrogen and oxygen atoms in total. The van der Waals surface area contributed by atoms with E-state index < -0.39 is 10.0 Å². The normalized spacial score (nSPS) is 22.2. The zero-order valence-corrected chi connectivity index (χ0v) is 12.2. The minimum absolute atomic E-state index is 0.0942. The molecule has 1 saturated carbocycles. The highest BCUT2D eigenvalue weighted by atomic mass is 32.2. The maximum absolute atomic E-state index is 12.2. The summed E-state index contributed by atoms with van der Waals surface area (Å²) in [7, 11) is -3.52. The maximum atomic E-state index is 12.2. The number of rotatable bonds is 7. The molecule has 0 saturated heterocycles. The molecule has 1 aromatic heterocycles. The first-order valence-corrected chi connectivity index (χ1v) is 8.21. The molecule has 1 heterocycles. The van der Waals surface area contributed by atoms with Crippen molar-refractivity contribution in [2.45, 2.75) is 31.7 Å². The lowest BCUT2D eigenvalue weighted by molar-refractivity contribution is 0.571. The smallest absolute Gasteiger partial charge is 0.260 e. The zero-order valence-electron chi connectivity index (χ0n) is 11.4. The Balaban J connectivity index is 2.09. The maximum Gasteiger partial charge on any atom is 0.260 e. The van der Waals surface area contributed by atoms with Crippen molar-refractivity contribution in [1.82, 2.24) is 9.71 Å². The zero-order chi connectivity index (χ0) is 13.9. The quantitative estimate of drug-likeness (QED) is 0.801. The van der Waals surface area contributed by atoms with Crippen LogP contribution in [0.25, 0.3) is 0 Å². The Morgan fingerprint density at radius 2 is 2.21 bits per heavy atom. The van der Waals surface area contributed by atoms with Crippen LogP contribution in [0.1, 0.15) is 26.7 Å². The van der Waals surface area contributed by atoms with Gasteiger partial charge in [-0.1, -0.05) is 13.8 Å². The van der Waals surface area contributed by atoms with E-state index in [-0.39, 0.29) is 5.03 Å². The molecule has 6 heteroatoms. The van der Waals surface area contributed by atoms with Crippen molar-refractivity contribution in [2.75, 3.05) is 18.4 Å². The molecular weight excluding hydrogens is 262 g/mol. The van der Waals surface area contributed by atoms with Gasteiger partial charge in [0.1, 0.15) is 0 Å². The van der Waals surface area contributed by atoms with E-state index in [0.717, 1.165) is 19.4 Å². The van der Waals surface area contributed by atoms with E-state index in [4.69, 9.17) is 0 Å². The number of nitrogens with zero attached hydrogens (tertiary/aromatic N) is 1. The van der Waals surface area contributed by atoms with Crippen LogP contribution in [0.5, 0.6) is 0 Å². The fraction of sp³-hybridized carbons (Fsp3) is 0.615. The molecular formula is C13H21N3O2S. The first kappa shape index (κ1) is 14.3. The van der Waals surface area contributed by atoms with E-state index >= 15 is 0 Å². The summed E-state index contributed by atoms with van der Waals surface area (Å²) in [6.45, 7) is 5.40. The second-order valence-electron chi connectivity index (χ2n) is 5.11. The van der Waals surface area contributed by atoms with E-state index in [1.165, 1.54) is 6.20 Å². The van der Waals surface area contributed by atoms with Crippen LogP contribution in [0.15, 0.2) is 23.4 Å². The van der Waals surface area contributed by atoms with Crippen molar-refractivity contribution in [3.05, 3.63) is 18.3 Å². The van der Waals surface area contributed by atoms with Gasteiger partial charge in [-0.15, -0.1) is 0 Å². The van der Waals surface area contributed by atoms with E-state index in [1.54, 1.807) is 12.1 Å². The highest BCUT2D eigenvalue weighted by Gasteiger charge is 2.33. The summed E-state index contributed by atoms with van der Waals surface area (Å²) >= 11 is 0. The number of hydrogen-bond donors (Lipinski definition) is 2. The number of sulfonamides is 1. The van der Waals surface area contributed by atoms with Crippen LogP contribution < -0.4 is 10.0 Å². The van der Waals surface area contributed by atoms with Crippen LogP contribution in [0.2, 0.25) is 0 Å². The monoisotopic (exact) mass is 283 g/mol. The van der Waals surface area contributed by atoms with Gasteiger partial charge >= 0.3 is 0 Å². The van der Waals surface area contributed by atoms with Gasteiger partial charge < -0.3 is 5.32 Å². The van der Waals surface area contributed by atoms with Crippen LogP contribution in [-0.2, 0) is 10.0 Å². The molecule has 0 aliphatic heterocycles. The molecule has 2 unspecified atom stereocenters. The van der Waals surface area contributed by atoms with Crippen molar-refractivity contribution in [1.29, 1.82) is 0 Å². The van der Waals surface area contributed by atoms with Crippen molar-refractivity contribution in [3.63, 3.8) is 0 Å². The van der Waals surface area contributed by atoms with E-state index in [9.17, 15) is 8.42 Å². The van der Waals surface area contributed by atoms with Crippen molar-refractivity contribution in [2.24, 2.45) is 11.8 Å². The minimum atomic E-state index is -3.52. The van der Waals surface area contributed by atoms with Crippen LogP contribution in [0.4, 0.5) is 5.69 Å². The molecule has 1 fully saturated rings. The van der Waals surface area contributed by atoms with Crippen LogP contribution in [0, 0.1) is 11.8 Å². The third-order valence-corrected chi connectivity index (χ3v) is 4.78. The lowest BCUT2D eigenvalue weighted by Gasteiger charge is -2.11. The molecule has 106 valence electrons. The Bertz CT molecular complexity index is 530. The Labute approximate surface area is 114 Å². The Kier molecular flexibility index (Phi) is 4.42. The molecule has 1 aliphatic rings. The lowest BCUT2D eigenvalue weighted by Crippen LogP contribution is -2.28. The van der Waals surface area contributed by atoms with Gasteiger partial charge in [0.15, 0.2) is 5.03 Å². The summed E-state index contributed by atoms with van der Waals surface area (Å²) in [6.07, 6.45) is 3.54. The van der Waals surface area contributed by atoms with E-state index in [1.807, 2.05) is 6.92 Å². The Morgan fingerprint density at radius 1 is 1.47 bits per heavy atom. The average molecular weight is 283 g/mol. The molecule has 2 rings (SSSR count). The predicted octanol–water partition coefficient (Wildman–Crippen LogP) is 1.84. The molecule has 2 atom stereocenters. The molecule has 0 spiro atoms. The summed E-state index contributed by atoms with van der Waals surface area (Å²) in [6, 6.07) is 3.48. The third-order valence-electron chi connectivity index (χ3n) is 3.40. The Morgan fingerprint density at radius 3 is 2.84 bits per heavy atom. The van der Waals surface area contributed by atoms with Gasteiger partial charge in [-0.2, -0.15) is 0 Å². The number of hydrogen-bond acceptors (Lipinski definition) is 4. The van der Waals surface area contributed by atoms with Gasteiger partial charge in [0, 0.05) is 19.3 Å². The SMILES string of the molecule is CCCNc1cccnc1S(=O)(=O)NCC1CC1C. The summed E-state index contributed by atoms with van der Waals surface area (Å²) in [5.74, 6) is 1.11. The second kappa shape index (κ2) is 5.88. The van der Waals surface area contributed by atoms with Gasteiger partial charge in [0.2, 0.25) is 0 Å². The number of anilines is 1. The third kappa shape index (κ3) is 3.67. The fourth-order valence-corrected chi connectivity index (χ4v) is 3.17. The topological polar surface area (TPSA) is 71.1 Å². The molecule has 0 aromatic carbocycles. The van der Waals surface area contributed by atoms with E-state index in [0.29, 0.717) is 24.1 Å². The van der Waals surface area contributed by atoms with Gasteiger partial charge in [-0.05, 0) is 36.8 Å². The summed E-state index contributed by atoms with van der Waals surface area (Å²) in [5.41, 5.74) is 0.570. The molecule has 0 bridgehead atoms. The largest absolute Gasteiger partial charge is 0.383 e. The van der Waals surface area contributed by atoms with Crippen LogP contribution in [0.3, 0.4) is 0 Å². The first-order valence-electron chi connectivity index (χ1n) is 6.73. The van der Waals surface area contributed by atoms with Gasteiger partial charge in [0.25, 0.3) is 10.0 Å². The fourth-order valence-electron chi connectivity index (χ4n) is 1.97. The average Bonchev–Trinajstić information content (AvgIpc) is 3.10. The van der Waals surface area contributed by atoms with Gasteiger partial charge in [-0.3, -0.25) is 0 Å². The molecule has 0 radical (unpaired) electrons. The van der Waals surface area contributed by atoms with Crippen molar-refractivity contribution in [3.8, 4) is 0 Å². The molecule has 2 N–H and O–H groups in total. The van der Waals surface area contributed by atoms with Gasteiger partial charge in [-0.25, -0.2) is 18.1 Å². The van der Waals surface area contributed by atoms with Crippen molar-refractivity contribution >= 4 is 15.7 Å². The second-order valence-corrected chi connectivity index (χ2v) is 6.79. The molecule has 1 aromatic rings. The highest BCUT2D eigenvalue weighted by molar-refractivity contribution is 7.89. The lowest BCUT2D eigenvalue weighted by atomic mass is 10.3. The molecule has 1 aliphatic carbocycles. The number of aromatic nitrogens is 1. The van der Waals surface area contributed by atoms with Gasteiger partial charge in [0.05, 0.1) is 5.69 Å². The number of nitrogens with one attached hydrogen (secondary N) is 2. The summed E-state index contributed by atoms with van der Waals surface area (Å²) in [4.78, 5) is 4.01. The summed E-state index contributed by atoms with van der Waals surface area (Å²) < 4.78 is 27.1. The van der Waals surface area contributed by atoms with E-state index in [2.05, 4.69) is 21.9 Å². The Hall–Kier alpha value is -1.14. The first-order chi connectivity index (χ1) is 9.04.